The van der Waals surface area contributed by atoms with Gasteiger partial charge >= 0.3 is 0 Å². The maximum Gasteiger partial charge on any atom is 0.273 e. The van der Waals surface area contributed by atoms with E-state index in [2.05, 4.69) is 24.9 Å². The predicted octanol–water partition coefficient (Wildman–Crippen LogP) is 3.00. The molecule has 1 aromatic carbocycles. The smallest absolute Gasteiger partial charge is 0.273 e. The number of hydrogen-bond donors (Lipinski definition) is 1. The van der Waals surface area contributed by atoms with Crippen molar-refractivity contribution in [3.63, 3.8) is 0 Å². The minimum Gasteiger partial charge on any atom is -0.394 e. The number of carbonyl (C=O) groups excluding carboxylic acids is 1. The molecule has 1 aliphatic rings. The molecular weight excluding hydrogens is 296 g/mol. The zero-order valence-corrected chi connectivity index (χ0v) is 13.6. The largest absolute Gasteiger partial charge is 0.394 e. The van der Waals surface area contributed by atoms with Gasteiger partial charge in [-0.05, 0) is 17.5 Å². The lowest BCUT2D eigenvalue weighted by molar-refractivity contribution is 0.0563. The average molecular weight is 316 g/mol. The minimum absolute atomic E-state index is 0.0655. The van der Waals surface area contributed by atoms with Crippen LogP contribution in [0.25, 0.3) is 0 Å². The van der Waals surface area contributed by atoms with Crippen LogP contribution in [0.5, 0.6) is 0 Å². The number of benzene rings is 1. The fourth-order valence-corrected chi connectivity index (χ4v) is 3.70. The molecule has 1 atom stereocenters. The first-order valence-corrected chi connectivity index (χ1v) is 8.44. The lowest BCUT2D eigenvalue weighted by atomic mass is 9.93. The molecule has 1 amide bonds. The van der Waals surface area contributed by atoms with Crippen LogP contribution in [0.15, 0.2) is 29.6 Å². The van der Waals surface area contributed by atoms with Crippen molar-refractivity contribution >= 4 is 17.2 Å². The van der Waals surface area contributed by atoms with Gasteiger partial charge in [-0.2, -0.15) is 0 Å². The highest BCUT2D eigenvalue weighted by Gasteiger charge is 2.31. The number of nitrogens with zero attached hydrogens (tertiary/aromatic N) is 2. The van der Waals surface area contributed by atoms with E-state index in [1.54, 1.807) is 4.90 Å². The Morgan fingerprint density at radius 2 is 2.23 bits per heavy atom. The lowest BCUT2D eigenvalue weighted by Crippen LogP contribution is -2.41. The summed E-state index contributed by atoms with van der Waals surface area (Å²) in [7, 11) is 0. The van der Waals surface area contributed by atoms with Crippen LogP contribution in [-0.2, 0) is 6.42 Å². The lowest BCUT2D eigenvalue weighted by Gasteiger charge is -2.36. The van der Waals surface area contributed by atoms with Crippen molar-refractivity contribution in [2.75, 3.05) is 13.2 Å². The average Bonchev–Trinajstić information content (AvgIpc) is 3.03. The van der Waals surface area contributed by atoms with Gasteiger partial charge in [-0.25, -0.2) is 4.98 Å². The topological polar surface area (TPSA) is 53.4 Å². The molecule has 0 bridgehead atoms. The Hall–Kier alpha value is -1.72. The number of amides is 1. The van der Waals surface area contributed by atoms with Gasteiger partial charge in [0.25, 0.3) is 5.91 Å². The van der Waals surface area contributed by atoms with Gasteiger partial charge in [0.1, 0.15) is 5.69 Å². The third kappa shape index (κ3) is 2.66. The number of rotatable bonds is 3. The van der Waals surface area contributed by atoms with Crippen molar-refractivity contribution in [1.82, 2.24) is 9.88 Å². The van der Waals surface area contributed by atoms with Gasteiger partial charge in [-0.1, -0.05) is 38.1 Å². The summed E-state index contributed by atoms with van der Waals surface area (Å²) in [5, 5.41) is 12.6. The highest BCUT2D eigenvalue weighted by molar-refractivity contribution is 7.09. The van der Waals surface area contributed by atoms with Crippen molar-refractivity contribution in [3.8, 4) is 0 Å². The van der Waals surface area contributed by atoms with E-state index in [1.807, 2.05) is 23.6 Å². The van der Waals surface area contributed by atoms with E-state index in [1.165, 1.54) is 16.9 Å². The van der Waals surface area contributed by atoms with Crippen molar-refractivity contribution in [3.05, 3.63) is 51.5 Å². The second-order valence-electron chi connectivity index (χ2n) is 5.87. The fourth-order valence-electron chi connectivity index (χ4n) is 2.89. The molecule has 1 aliphatic heterocycles. The molecule has 1 N–H and O–H groups in total. The predicted molar refractivity (Wildman–Crippen MR) is 87.2 cm³/mol. The third-order valence-electron chi connectivity index (χ3n) is 4.08. The molecule has 2 aromatic rings. The summed E-state index contributed by atoms with van der Waals surface area (Å²) in [6.07, 6.45) is 0.819. The molecule has 0 spiro atoms. The van der Waals surface area contributed by atoms with Gasteiger partial charge in [-0.3, -0.25) is 4.79 Å². The molecular formula is C17H20N2O2S. The summed E-state index contributed by atoms with van der Waals surface area (Å²) in [4.78, 5) is 19.0. The Balaban J connectivity index is 1.89. The van der Waals surface area contributed by atoms with E-state index in [0.29, 0.717) is 18.2 Å². The van der Waals surface area contributed by atoms with E-state index in [-0.39, 0.29) is 18.6 Å². The van der Waals surface area contributed by atoms with Gasteiger partial charge in [0.15, 0.2) is 0 Å². The number of aliphatic hydroxyl groups is 1. The molecule has 0 saturated heterocycles. The molecule has 22 heavy (non-hydrogen) atoms. The Labute approximate surface area is 134 Å². The second kappa shape index (κ2) is 6.18. The summed E-state index contributed by atoms with van der Waals surface area (Å²) < 4.78 is 0. The van der Waals surface area contributed by atoms with E-state index in [0.717, 1.165) is 17.0 Å². The second-order valence-corrected chi connectivity index (χ2v) is 6.76. The monoisotopic (exact) mass is 316 g/mol. The van der Waals surface area contributed by atoms with Gasteiger partial charge in [-0.15, -0.1) is 11.3 Å². The molecule has 0 aliphatic carbocycles. The zero-order chi connectivity index (χ0) is 15.7. The van der Waals surface area contributed by atoms with Crippen LogP contribution in [-0.4, -0.2) is 34.0 Å². The van der Waals surface area contributed by atoms with Crippen LogP contribution < -0.4 is 0 Å². The molecule has 0 saturated carbocycles. The van der Waals surface area contributed by atoms with Crippen molar-refractivity contribution in [1.29, 1.82) is 0 Å². The Kier molecular flexibility index (Phi) is 4.27. The number of carbonyl (C=O) groups is 1. The van der Waals surface area contributed by atoms with Crippen LogP contribution in [0.1, 0.15) is 52.4 Å². The summed E-state index contributed by atoms with van der Waals surface area (Å²) in [6.45, 7) is 4.70. The minimum atomic E-state index is -0.276. The number of aromatic nitrogens is 1. The van der Waals surface area contributed by atoms with E-state index >= 15 is 0 Å². The Bertz CT molecular complexity index is 681. The Morgan fingerprint density at radius 1 is 1.45 bits per heavy atom. The normalized spacial score (nSPS) is 17.6. The highest BCUT2D eigenvalue weighted by atomic mass is 32.1. The van der Waals surface area contributed by atoms with Crippen molar-refractivity contribution in [2.24, 2.45) is 0 Å². The molecule has 0 fully saturated rings. The number of hydrogen-bond acceptors (Lipinski definition) is 4. The summed E-state index contributed by atoms with van der Waals surface area (Å²) >= 11 is 1.52. The van der Waals surface area contributed by atoms with Gasteiger partial charge in [0, 0.05) is 17.8 Å². The first kappa shape index (κ1) is 15.2. The zero-order valence-electron chi connectivity index (χ0n) is 12.8. The van der Waals surface area contributed by atoms with Gasteiger partial charge in [0.05, 0.1) is 17.7 Å². The fraction of sp³-hybridized carbons (Fsp3) is 0.412. The summed E-state index contributed by atoms with van der Waals surface area (Å²) in [6, 6.07) is 7.74. The highest BCUT2D eigenvalue weighted by Crippen LogP contribution is 2.31. The molecule has 0 unspecified atom stereocenters. The number of thiazole rings is 1. The van der Waals surface area contributed by atoms with E-state index < -0.39 is 0 Å². The van der Waals surface area contributed by atoms with E-state index in [4.69, 9.17) is 0 Å². The van der Waals surface area contributed by atoms with Crippen LogP contribution >= 0.6 is 11.3 Å². The molecule has 0 radical (unpaired) electrons. The first-order chi connectivity index (χ1) is 10.6. The SMILES string of the molecule is CC(C)c1nc(C(=O)N2CCc3ccccc3[C@H]2CO)cs1. The molecule has 2 heterocycles. The van der Waals surface area contributed by atoms with Crippen LogP contribution in [0.3, 0.4) is 0 Å². The Morgan fingerprint density at radius 3 is 2.91 bits per heavy atom. The van der Waals surface area contributed by atoms with E-state index in [9.17, 15) is 9.90 Å². The number of aliphatic hydroxyl groups excluding tert-OH is 1. The van der Waals surface area contributed by atoms with Gasteiger partial charge in [0.2, 0.25) is 0 Å². The van der Waals surface area contributed by atoms with Crippen LogP contribution in [0, 0.1) is 0 Å². The van der Waals surface area contributed by atoms with Crippen LogP contribution in [0.4, 0.5) is 0 Å². The third-order valence-corrected chi connectivity index (χ3v) is 5.23. The molecule has 5 heteroatoms. The summed E-state index contributed by atoms with van der Waals surface area (Å²) in [5.41, 5.74) is 2.75. The maximum atomic E-state index is 12.8. The maximum absolute atomic E-state index is 12.8. The van der Waals surface area contributed by atoms with Crippen molar-refractivity contribution < 1.29 is 9.90 Å². The molecule has 116 valence electrons. The molecule has 1 aromatic heterocycles. The quantitative estimate of drug-likeness (QED) is 0.947. The standard InChI is InChI=1S/C17H20N2O2S/c1-11(2)16-18-14(10-22-16)17(21)19-8-7-12-5-3-4-6-13(12)15(19)9-20/h3-6,10-11,15,20H,7-9H2,1-2H3/t15-/m1/s1. The van der Waals surface area contributed by atoms with Crippen molar-refractivity contribution in [2.45, 2.75) is 32.2 Å². The first-order valence-electron chi connectivity index (χ1n) is 7.57. The molecule has 4 nitrogen and oxygen atoms in total. The molecule has 3 rings (SSSR count). The van der Waals surface area contributed by atoms with Crippen LogP contribution in [0.2, 0.25) is 0 Å². The number of fused-ring (bicyclic) bond motifs is 1. The van der Waals surface area contributed by atoms with Gasteiger partial charge < -0.3 is 10.0 Å². The summed E-state index contributed by atoms with van der Waals surface area (Å²) in [5.74, 6) is 0.235.